The van der Waals surface area contributed by atoms with Gasteiger partial charge in [0.05, 0.1) is 14.2 Å². The van der Waals surface area contributed by atoms with Crippen LogP contribution in [0.4, 0.5) is 5.95 Å². The van der Waals surface area contributed by atoms with Gasteiger partial charge < -0.3 is 15.2 Å². The van der Waals surface area contributed by atoms with Crippen LogP contribution < -0.4 is 15.2 Å². The van der Waals surface area contributed by atoms with Crippen LogP contribution in [0.25, 0.3) is 16.5 Å². The molecule has 0 aliphatic heterocycles. The van der Waals surface area contributed by atoms with Crippen molar-refractivity contribution in [3.63, 3.8) is 0 Å². The van der Waals surface area contributed by atoms with E-state index in [0.29, 0.717) is 23.0 Å². The van der Waals surface area contributed by atoms with Gasteiger partial charge in [-0.25, -0.2) is 4.98 Å². The Labute approximate surface area is 131 Å². The van der Waals surface area contributed by atoms with E-state index in [0.717, 1.165) is 9.88 Å². The van der Waals surface area contributed by atoms with Crippen LogP contribution >= 0.6 is 11.3 Å². The van der Waals surface area contributed by atoms with Crippen molar-refractivity contribution in [1.29, 1.82) is 0 Å². The number of para-hydroxylation sites is 1. The largest absolute Gasteiger partial charge is 0.494 e. The molecule has 7 nitrogen and oxygen atoms in total. The second-order valence-corrected chi connectivity index (χ2v) is 5.74. The minimum atomic E-state index is 0.241. The van der Waals surface area contributed by atoms with Crippen LogP contribution in [-0.2, 0) is 0 Å². The first-order valence-corrected chi connectivity index (χ1v) is 7.32. The van der Waals surface area contributed by atoms with E-state index in [1.807, 2.05) is 25.1 Å². The number of hydrogen-bond donors (Lipinski definition) is 1. The Morgan fingerprint density at radius 3 is 2.36 bits per heavy atom. The van der Waals surface area contributed by atoms with Crippen LogP contribution in [0.2, 0.25) is 0 Å². The summed E-state index contributed by atoms with van der Waals surface area (Å²) in [6.45, 7) is 1.98. The molecule has 3 aromatic rings. The number of methoxy groups -OCH3 is 2. The molecule has 0 amide bonds. The summed E-state index contributed by atoms with van der Waals surface area (Å²) in [5.41, 5.74) is 6.67. The molecule has 0 radical (unpaired) electrons. The number of aromatic nitrogens is 4. The van der Waals surface area contributed by atoms with E-state index in [9.17, 15) is 0 Å². The third-order valence-corrected chi connectivity index (χ3v) is 4.03. The van der Waals surface area contributed by atoms with E-state index in [4.69, 9.17) is 15.2 Å². The Bertz CT molecular complexity index is 789. The zero-order valence-corrected chi connectivity index (χ0v) is 13.2. The molecule has 22 heavy (non-hydrogen) atoms. The van der Waals surface area contributed by atoms with Crippen molar-refractivity contribution < 1.29 is 9.47 Å². The highest BCUT2D eigenvalue weighted by atomic mass is 32.1. The van der Waals surface area contributed by atoms with E-state index in [-0.39, 0.29) is 5.95 Å². The molecule has 0 aliphatic carbocycles. The van der Waals surface area contributed by atoms with Gasteiger partial charge in [-0.3, -0.25) is 4.57 Å². The maximum Gasteiger partial charge on any atom is 0.227 e. The van der Waals surface area contributed by atoms with Crippen molar-refractivity contribution in [1.82, 2.24) is 19.7 Å². The Morgan fingerprint density at radius 2 is 1.82 bits per heavy atom. The fourth-order valence-electron chi connectivity index (χ4n) is 2.17. The van der Waals surface area contributed by atoms with Crippen molar-refractivity contribution in [3.8, 4) is 28.0 Å². The van der Waals surface area contributed by atoms with E-state index >= 15 is 0 Å². The Balaban J connectivity index is 2.28. The molecular weight excluding hydrogens is 302 g/mol. The van der Waals surface area contributed by atoms with Crippen molar-refractivity contribution in [2.24, 2.45) is 0 Å². The number of hydrogen-bond acceptors (Lipinski definition) is 7. The van der Waals surface area contributed by atoms with Gasteiger partial charge >= 0.3 is 0 Å². The second-order valence-electron chi connectivity index (χ2n) is 4.50. The summed E-state index contributed by atoms with van der Waals surface area (Å²) in [7, 11) is 3.18. The van der Waals surface area contributed by atoms with Crippen molar-refractivity contribution in [2.75, 3.05) is 20.0 Å². The monoisotopic (exact) mass is 317 g/mol. The first kappa shape index (κ1) is 14.3. The summed E-state index contributed by atoms with van der Waals surface area (Å²) < 4.78 is 12.6. The van der Waals surface area contributed by atoms with E-state index in [2.05, 4.69) is 15.2 Å². The molecule has 1 aromatic carbocycles. The lowest BCUT2D eigenvalue weighted by Gasteiger charge is -2.15. The molecule has 2 aromatic heterocycles. The second kappa shape index (κ2) is 5.64. The van der Waals surface area contributed by atoms with Crippen LogP contribution in [0.5, 0.6) is 11.5 Å². The number of ether oxygens (including phenoxy) is 2. The highest BCUT2D eigenvalue weighted by molar-refractivity contribution is 7.14. The fourth-order valence-corrected chi connectivity index (χ4v) is 2.90. The van der Waals surface area contributed by atoms with Gasteiger partial charge in [0.25, 0.3) is 0 Å². The van der Waals surface area contributed by atoms with Gasteiger partial charge in [-0.15, -0.1) is 21.5 Å². The lowest BCUT2D eigenvalue weighted by atomic mass is 10.2. The molecule has 2 N–H and O–H groups in total. The minimum absolute atomic E-state index is 0.241. The average Bonchev–Trinajstić information content (AvgIpc) is 3.12. The third-order valence-electron chi connectivity index (χ3n) is 3.13. The maximum absolute atomic E-state index is 6.02. The lowest BCUT2D eigenvalue weighted by molar-refractivity contribution is 0.391. The fraction of sp³-hybridized carbons (Fsp3) is 0.214. The van der Waals surface area contributed by atoms with Gasteiger partial charge in [0.15, 0.2) is 10.8 Å². The maximum atomic E-state index is 6.02. The Hall–Kier alpha value is -2.61. The highest BCUT2D eigenvalue weighted by Gasteiger charge is 2.22. The van der Waals surface area contributed by atoms with Crippen molar-refractivity contribution in [2.45, 2.75) is 6.92 Å². The number of nitrogens with zero attached hydrogens (tertiary/aromatic N) is 4. The van der Waals surface area contributed by atoms with Gasteiger partial charge in [-0.1, -0.05) is 6.07 Å². The van der Waals surface area contributed by atoms with Gasteiger partial charge in [0.2, 0.25) is 5.95 Å². The number of thiazole rings is 1. The summed E-state index contributed by atoms with van der Waals surface area (Å²) in [5, 5.41) is 8.86. The molecule has 0 fully saturated rings. The number of anilines is 1. The first-order chi connectivity index (χ1) is 10.7. The molecule has 0 atom stereocenters. The Kier molecular flexibility index (Phi) is 3.68. The van der Waals surface area contributed by atoms with Gasteiger partial charge in [-0.2, -0.15) is 0 Å². The number of nitrogens with two attached hydrogens (primary N) is 1. The molecule has 8 heteroatoms. The molecule has 0 aliphatic rings. The zero-order valence-electron chi connectivity index (χ0n) is 12.4. The molecule has 2 heterocycles. The quantitative estimate of drug-likeness (QED) is 0.794. The molecule has 114 valence electrons. The van der Waals surface area contributed by atoms with E-state index in [1.54, 1.807) is 25.0 Å². The van der Waals surface area contributed by atoms with Crippen LogP contribution in [0.15, 0.2) is 24.4 Å². The summed E-state index contributed by atoms with van der Waals surface area (Å²) in [6, 6.07) is 5.50. The molecule has 3 rings (SSSR count). The molecule has 0 spiro atoms. The van der Waals surface area contributed by atoms with Gasteiger partial charge in [0, 0.05) is 11.1 Å². The average molecular weight is 317 g/mol. The van der Waals surface area contributed by atoms with Crippen LogP contribution in [0.3, 0.4) is 0 Å². The predicted octanol–water partition coefficient (Wildman–Crippen LogP) is 2.30. The first-order valence-electron chi connectivity index (χ1n) is 6.50. The molecule has 0 bridgehead atoms. The molecular formula is C14H15N5O2S. The number of benzene rings is 1. The standard InChI is InChI=1S/C14H15N5O2S/c1-8-7-16-13(22-8)12-17-18-14(15)19(12)11-9(20-2)5-4-6-10(11)21-3/h4-7H,1-3H3,(H2,15,18). The van der Waals surface area contributed by atoms with E-state index in [1.165, 1.54) is 11.3 Å². The van der Waals surface area contributed by atoms with Crippen LogP contribution in [0, 0.1) is 6.92 Å². The zero-order chi connectivity index (χ0) is 15.7. The molecule has 0 saturated carbocycles. The van der Waals surface area contributed by atoms with Crippen LogP contribution in [-0.4, -0.2) is 34.0 Å². The summed E-state index contributed by atoms with van der Waals surface area (Å²) in [4.78, 5) is 5.43. The molecule has 0 saturated heterocycles. The highest BCUT2D eigenvalue weighted by Crippen LogP contribution is 2.37. The van der Waals surface area contributed by atoms with Crippen molar-refractivity contribution in [3.05, 3.63) is 29.3 Å². The number of aryl methyl sites for hydroxylation is 1. The SMILES string of the molecule is COc1cccc(OC)c1-n1c(N)nnc1-c1ncc(C)s1. The minimum Gasteiger partial charge on any atom is -0.494 e. The number of rotatable bonds is 4. The summed E-state index contributed by atoms with van der Waals surface area (Å²) in [6.07, 6.45) is 1.79. The smallest absolute Gasteiger partial charge is 0.227 e. The molecule has 0 unspecified atom stereocenters. The Morgan fingerprint density at radius 1 is 1.14 bits per heavy atom. The number of nitrogen functional groups attached to an aromatic ring is 1. The van der Waals surface area contributed by atoms with Crippen molar-refractivity contribution >= 4 is 17.3 Å². The summed E-state index contributed by atoms with van der Waals surface area (Å²) >= 11 is 1.52. The topological polar surface area (TPSA) is 88.1 Å². The summed E-state index contributed by atoms with van der Waals surface area (Å²) in [5.74, 6) is 2.02. The third kappa shape index (κ3) is 2.27. The van der Waals surface area contributed by atoms with Gasteiger partial charge in [-0.05, 0) is 19.1 Å². The van der Waals surface area contributed by atoms with Gasteiger partial charge in [0.1, 0.15) is 17.2 Å². The predicted molar refractivity (Wildman–Crippen MR) is 84.7 cm³/mol. The normalized spacial score (nSPS) is 10.7. The van der Waals surface area contributed by atoms with E-state index < -0.39 is 0 Å². The lowest BCUT2D eigenvalue weighted by Crippen LogP contribution is -2.06. The van der Waals surface area contributed by atoms with Crippen LogP contribution in [0.1, 0.15) is 4.88 Å².